The van der Waals surface area contributed by atoms with E-state index in [0.29, 0.717) is 3.59 Å². The summed E-state index contributed by atoms with van der Waals surface area (Å²) in [5.41, 5.74) is -4.90. The molecule has 0 heterocycles. The number of rotatable bonds is 18. The fraction of sp³-hybridized carbons (Fsp3) is 0.531. The van der Waals surface area contributed by atoms with Gasteiger partial charge in [-0.15, -0.1) is 0 Å². The molecule has 0 saturated heterocycles. The van der Waals surface area contributed by atoms with E-state index >= 15 is 0 Å². The zero-order valence-corrected chi connectivity index (χ0v) is 32.0. The molecule has 0 bridgehead atoms. The molecule has 258 valence electrons. The Bertz CT molecular complexity index is 1520. The van der Waals surface area contributed by atoms with E-state index in [4.69, 9.17) is 0 Å². The Balaban J connectivity index is 2.72. The number of unbranched alkanes of at least 4 members (excludes halogenated alkanes) is 3. The first-order valence-electron chi connectivity index (χ1n) is 15.6. The average molecular weight is 796 g/mol. The normalized spacial score (nSPS) is 13.2. The maximum absolute atomic E-state index is 14.6. The third kappa shape index (κ3) is 10.2. The van der Waals surface area contributed by atoms with Crippen molar-refractivity contribution in [1.82, 2.24) is 4.31 Å². The standard InChI is InChI=1S/C20H20F3N2O6S2.3C4H9.Sn/c1-15-10-12-16(13-11-15)32(27,28)24(2)14-6-9-19(26)25(3)17-7-4-5-8-18(17)31-33(29,30)20(21,22)23;3*1-3-4-2;/h4-8,10-13H,14H2,1-3H3;3*1,3-4H2,2H3;. The summed E-state index contributed by atoms with van der Waals surface area (Å²) < 4.78 is 99.2. The second-order valence-corrected chi connectivity index (χ2v) is 28.3. The van der Waals surface area contributed by atoms with Crippen LogP contribution in [0.4, 0.5) is 18.9 Å². The molecular weight excluding hydrogens is 748 g/mol. The van der Waals surface area contributed by atoms with Crippen LogP contribution in [0.5, 0.6) is 5.75 Å². The molecule has 0 atom stereocenters. The molecule has 2 rings (SSSR count). The van der Waals surface area contributed by atoms with E-state index in [1.807, 2.05) is 6.92 Å². The van der Waals surface area contributed by atoms with E-state index in [1.165, 1.54) is 48.7 Å². The predicted octanol–water partition coefficient (Wildman–Crippen LogP) is 7.82. The number of para-hydroxylation sites is 2. The van der Waals surface area contributed by atoms with Gasteiger partial charge in [-0.05, 0) is 0 Å². The van der Waals surface area contributed by atoms with E-state index in [0.717, 1.165) is 68.4 Å². The Kier molecular flexibility index (Phi) is 15.1. The van der Waals surface area contributed by atoms with Gasteiger partial charge in [-0.1, -0.05) is 0 Å². The van der Waals surface area contributed by atoms with Crippen LogP contribution in [0.3, 0.4) is 0 Å². The van der Waals surface area contributed by atoms with Crippen molar-refractivity contribution in [2.45, 2.75) is 89.9 Å². The summed E-state index contributed by atoms with van der Waals surface area (Å²) in [6, 6.07) is 11.7. The van der Waals surface area contributed by atoms with Crippen LogP contribution in [0.1, 0.15) is 64.9 Å². The second-order valence-electron chi connectivity index (χ2n) is 11.6. The number of carbonyl (C=O) groups is 1. The summed E-state index contributed by atoms with van der Waals surface area (Å²) in [5, 5.41) is 0. The van der Waals surface area contributed by atoms with Crippen molar-refractivity contribution in [2.24, 2.45) is 0 Å². The molecule has 0 aromatic heterocycles. The van der Waals surface area contributed by atoms with Crippen LogP contribution in [0.15, 0.2) is 63.1 Å². The second kappa shape index (κ2) is 17.3. The van der Waals surface area contributed by atoms with Crippen LogP contribution < -0.4 is 9.08 Å². The summed E-state index contributed by atoms with van der Waals surface area (Å²) in [5.74, 6) is -1.12. The predicted molar refractivity (Wildman–Crippen MR) is 179 cm³/mol. The first kappa shape index (κ1) is 40.1. The molecule has 1 amide bonds. The van der Waals surface area contributed by atoms with Gasteiger partial charge in [0.25, 0.3) is 0 Å². The molecule has 0 unspecified atom stereocenters. The van der Waals surface area contributed by atoms with Gasteiger partial charge in [0.05, 0.1) is 0 Å². The first-order valence-corrected chi connectivity index (χ1v) is 25.9. The third-order valence-electron chi connectivity index (χ3n) is 8.12. The van der Waals surface area contributed by atoms with Crippen LogP contribution in [0.2, 0.25) is 13.3 Å². The Morgan fingerprint density at radius 2 is 1.35 bits per heavy atom. The number of anilines is 1. The molecule has 0 aliphatic rings. The summed E-state index contributed by atoms with van der Waals surface area (Å²) in [6.07, 6.45) is 7.08. The number of aryl methyl sites for hydroxylation is 1. The van der Waals surface area contributed by atoms with Crippen molar-refractivity contribution in [1.29, 1.82) is 0 Å². The van der Waals surface area contributed by atoms with E-state index in [-0.39, 0.29) is 17.1 Å². The third-order valence-corrected chi connectivity index (χ3v) is 26.6. The molecule has 8 nitrogen and oxygen atoms in total. The number of benzene rings is 2. The van der Waals surface area contributed by atoms with Crippen molar-refractivity contribution in [3.63, 3.8) is 0 Å². The molecule has 14 heteroatoms. The van der Waals surface area contributed by atoms with Gasteiger partial charge >= 0.3 is 278 Å². The Hall–Kier alpha value is -2.10. The van der Waals surface area contributed by atoms with Gasteiger partial charge < -0.3 is 0 Å². The SMILES string of the molecule is CCC[CH2][Sn]([CH2]CCC)([CH2]CCC)/[C](=C/CN(C)S(=O)(=O)c1ccc(C)cc1)C(=O)N(C)c1ccccc1OS(=O)(=O)C(F)(F)F. The number of hydrogen-bond acceptors (Lipinski definition) is 6. The van der Waals surface area contributed by atoms with Crippen LogP contribution >= 0.6 is 0 Å². The molecule has 2 aromatic rings. The molecule has 46 heavy (non-hydrogen) atoms. The van der Waals surface area contributed by atoms with E-state index in [1.54, 1.807) is 18.2 Å². The molecule has 2 aromatic carbocycles. The van der Waals surface area contributed by atoms with Crippen LogP contribution in [-0.4, -0.2) is 71.6 Å². The summed E-state index contributed by atoms with van der Waals surface area (Å²) >= 11 is -3.66. The molecule has 0 aliphatic heterocycles. The summed E-state index contributed by atoms with van der Waals surface area (Å²) in [6.45, 7) is 7.99. The number of carbonyl (C=O) groups excluding carboxylic acids is 1. The van der Waals surface area contributed by atoms with Gasteiger partial charge in [-0.2, -0.15) is 0 Å². The van der Waals surface area contributed by atoms with Crippen LogP contribution in [0.25, 0.3) is 0 Å². The van der Waals surface area contributed by atoms with Crippen molar-refractivity contribution in [2.75, 3.05) is 25.5 Å². The van der Waals surface area contributed by atoms with Crippen molar-refractivity contribution >= 4 is 50.1 Å². The summed E-state index contributed by atoms with van der Waals surface area (Å²) in [7, 11) is -7.07. The number of likely N-dealkylation sites (N-methyl/N-ethyl adjacent to an activating group) is 2. The van der Waals surface area contributed by atoms with Gasteiger partial charge in [0.15, 0.2) is 0 Å². The van der Waals surface area contributed by atoms with Crippen molar-refractivity contribution in [3.05, 3.63) is 63.8 Å². The fourth-order valence-electron chi connectivity index (χ4n) is 5.32. The summed E-state index contributed by atoms with van der Waals surface area (Å²) in [4.78, 5) is 15.8. The molecule has 0 radical (unpaired) electrons. The zero-order valence-electron chi connectivity index (χ0n) is 27.6. The van der Waals surface area contributed by atoms with Crippen LogP contribution in [-0.2, 0) is 24.9 Å². The number of alkyl halides is 3. The van der Waals surface area contributed by atoms with Crippen molar-refractivity contribution < 1.29 is 39.0 Å². The number of sulfonamides is 1. The molecule has 0 saturated carbocycles. The fourth-order valence-corrected chi connectivity index (χ4v) is 23.4. The van der Waals surface area contributed by atoms with Gasteiger partial charge in [0.1, 0.15) is 0 Å². The minimum atomic E-state index is -6.00. The molecule has 0 fully saturated rings. The van der Waals surface area contributed by atoms with E-state index < -0.39 is 55.7 Å². The monoisotopic (exact) mass is 796 g/mol. The van der Waals surface area contributed by atoms with Crippen LogP contribution in [0, 0.1) is 6.92 Å². The van der Waals surface area contributed by atoms with Gasteiger partial charge in [-0.3, -0.25) is 0 Å². The van der Waals surface area contributed by atoms with Gasteiger partial charge in [0, 0.05) is 0 Å². The number of halogens is 3. The molecular formula is C32H47F3N2O6S2Sn. The minimum absolute atomic E-state index is 0.0885. The van der Waals surface area contributed by atoms with Gasteiger partial charge in [-0.25, -0.2) is 0 Å². The van der Waals surface area contributed by atoms with Crippen molar-refractivity contribution in [3.8, 4) is 5.75 Å². The molecule has 0 spiro atoms. The number of amides is 1. The first-order chi connectivity index (χ1) is 21.5. The molecule has 0 N–H and O–H groups in total. The average Bonchev–Trinajstić information content (AvgIpc) is 3.00. The van der Waals surface area contributed by atoms with E-state index in [2.05, 4.69) is 25.0 Å². The topological polar surface area (TPSA) is 101 Å². The zero-order chi connectivity index (χ0) is 34.8. The Morgan fingerprint density at radius 3 is 1.83 bits per heavy atom. The number of nitrogens with zero attached hydrogens (tertiary/aromatic N) is 2. The molecule has 0 aliphatic carbocycles. The maximum atomic E-state index is 14.6. The van der Waals surface area contributed by atoms with E-state index in [9.17, 15) is 34.8 Å². The van der Waals surface area contributed by atoms with Gasteiger partial charge in [0.2, 0.25) is 0 Å². The Labute approximate surface area is 277 Å². The number of hydrogen-bond donors (Lipinski definition) is 0. The Morgan fingerprint density at radius 1 is 0.848 bits per heavy atom. The quantitative estimate of drug-likeness (QED) is 0.0661.